The molecular formula is C22H24N6O8S4. The van der Waals surface area contributed by atoms with Crippen LogP contribution in [0.3, 0.4) is 0 Å². The van der Waals surface area contributed by atoms with Crippen molar-refractivity contribution in [1.82, 2.24) is 24.6 Å². The minimum atomic E-state index is -1.27. The second-order valence-electron chi connectivity index (χ2n) is 7.98. The van der Waals surface area contributed by atoms with Crippen molar-refractivity contribution in [3.8, 4) is 0 Å². The van der Waals surface area contributed by atoms with E-state index in [1.807, 2.05) is 0 Å². The van der Waals surface area contributed by atoms with Crippen LogP contribution in [0.2, 0.25) is 0 Å². The largest absolute Gasteiger partial charge is 0.511 e. The fourth-order valence-electron chi connectivity index (χ4n) is 3.62. The molecule has 0 radical (unpaired) electrons. The predicted octanol–water partition coefficient (Wildman–Crippen LogP) is 2.16. The number of amides is 2. The summed E-state index contributed by atoms with van der Waals surface area (Å²) < 4.78 is 19.9. The van der Waals surface area contributed by atoms with Gasteiger partial charge in [0.1, 0.15) is 35.7 Å². The van der Waals surface area contributed by atoms with E-state index in [-0.39, 0.29) is 18.0 Å². The summed E-state index contributed by atoms with van der Waals surface area (Å²) in [4.78, 5) is 65.7. The molecule has 14 nitrogen and oxygen atoms in total. The molecule has 2 unspecified atom stereocenters. The molecule has 0 aromatic carbocycles. The van der Waals surface area contributed by atoms with Crippen LogP contribution >= 0.6 is 46.4 Å². The van der Waals surface area contributed by atoms with Crippen LogP contribution in [-0.2, 0) is 33.4 Å². The van der Waals surface area contributed by atoms with Crippen molar-refractivity contribution in [3.05, 3.63) is 33.7 Å². The molecule has 18 heteroatoms. The van der Waals surface area contributed by atoms with Crippen molar-refractivity contribution < 1.29 is 38.2 Å². The number of carbonyl (C=O) groups is 4. The molecule has 2 aliphatic heterocycles. The maximum absolute atomic E-state index is 13.3. The third-order valence-electron chi connectivity index (χ3n) is 5.28. The average molecular weight is 629 g/mol. The van der Waals surface area contributed by atoms with Crippen LogP contribution in [0.5, 0.6) is 0 Å². The molecule has 3 atom stereocenters. The molecule has 2 amide bonds. The summed E-state index contributed by atoms with van der Waals surface area (Å²) in [7, 11) is 1.30. The molecule has 40 heavy (non-hydrogen) atoms. The van der Waals surface area contributed by atoms with E-state index in [0.717, 1.165) is 0 Å². The van der Waals surface area contributed by atoms with Gasteiger partial charge in [-0.05, 0) is 31.0 Å². The molecule has 0 spiro atoms. The lowest BCUT2D eigenvalue weighted by atomic mass is 10.0. The standard InChI is InChI=1S/C22H24N6O8S4/c1-5-34-22(32)36-11(3)35-20(31)16-12(7-39-21-24-10(2)27-40-21)6-38-19-15(18(30)28(16)19)25-17(29)14(26-33-4)13-8-37-9-23-13/h8-9,11,15,19H,5-7H2,1-4H3,(H,25,29)/b26-14-/t11?,15?,19-/m0/s1. The number of hydrogen-bond acceptors (Lipinski definition) is 16. The average Bonchev–Trinajstić information content (AvgIpc) is 3.60. The van der Waals surface area contributed by atoms with Crippen LogP contribution in [0.1, 0.15) is 25.4 Å². The minimum absolute atomic E-state index is 0.0255. The molecule has 2 aliphatic rings. The van der Waals surface area contributed by atoms with E-state index in [1.54, 1.807) is 24.7 Å². The molecule has 0 bridgehead atoms. The first-order valence-electron chi connectivity index (χ1n) is 11.7. The number of hydrogen-bond donors (Lipinski definition) is 1. The first-order valence-corrected chi connectivity index (χ1v) is 15.4. The molecule has 0 aliphatic carbocycles. The monoisotopic (exact) mass is 628 g/mol. The second-order valence-corrected chi connectivity index (χ2v) is 11.8. The Kier molecular flexibility index (Phi) is 9.99. The lowest BCUT2D eigenvalue weighted by molar-refractivity contribution is -0.168. The Morgan fingerprint density at radius 3 is 2.77 bits per heavy atom. The Balaban J connectivity index is 1.53. The van der Waals surface area contributed by atoms with E-state index in [9.17, 15) is 19.2 Å². The number of ether oxygens (including phenoxy) is 3. The molecule has 0 saturated carbocycles. The summed E-state index contributed by atoms with van der Waals surface area (Å²) >= 11 is 5.26. The summed E-state index contributed by atoms with van der Waals surface area (Å²) in [6.07, 6.45) is -2.27. The molecule has 4 heterocycles. The van der Waals surface area contributed by atoms with E-state index in [4.69, 9.17) is 19.0 Å². The highest BCUT2D eigenvalue weighted by atomic mass is 32.2. The maximum atomic E-state index is 13.3. The highest BCUT2D eigenvalue weighted by Crippen LogP contribution is 2.42. The predicted molar refractivity (Wildman–Crippen MR) is 147 cm³/mol. The Labute approximate surface area is 245 Å². The quantitative estimate of drug-likeness (QED) is 0.0959. The molecule has 4 rings (SSSR count). The zero-order valence-electron chi connectivity index (χ0n) is 21.6. The van der Waals surface area contributed by atoms with Crippen LogP contribution < -0.4 is 5.32 Å². The zero-order valence-corrected chi connectivity index (χ0v) is 24.9. The van der Waals surface area contributed by atoms with Crippen molar-refractivity contribution in [3.63, 3.8) is 0 Å². The number of esters is 1. The summed E-state index contributed by atoms with van der Waals surface area (Å²) in [6, 6.07) is -0.936. The Morgan fingerprint density at radius 1 is 1.32 bits per heavy atom. The highest BCUT2D eigenvalue weighted by Gasteiger charge is 2.55. The summed E-state index contributed by atoms with van der Waals surface area (Å²) in [5, 5.41) is 7.47. The molecule has 2 aromatic heterocycles. The first kappa shape index (κ1) is 29.8. The van der Waals surface area contributed by atoms with Gasteiger partial charge < -0.3 is 24.4 Å². The van der Waals surface area contributed by atoms with Crippen LogP contribution in [-0.4, -0.2) is 91.8 Å². The normalized spacial score (nSPS) is 19.4. The fourth-order valence-corrected chi connectivity index (χ4v) is 7.29. The SMILES string of the molecule is CCOC(=O)OC(C)OC(=O)C1=C(CSc2nc(C)ns2)CS[C@H]2C(NC(=O)/C(=N\OC)c3cscn3)C(=O)N12. The number of oxime groups is 1. The third-order valence-corrected chi connectivity index (χ3v) is 9.21. The van der Waals surface area contributed by atoms with Gasteiger partial charge in [0.25, 0.3) is 11.8 Å². The van der Waals surface area contributed by atoms with Crippen LogP contribution in [0.25, 0.3) is 0 Å². The lowest BCUT2D eigenvalue weighted by Crippen LogP contribution is -2.71. The smallest absolute Gasteiger partial charge is 0.435 e. The molecule has 1 saturated heterocycles. The number of rotatable bonds is 11. The Hall–Kier alpha value is -3.22. The molecule has 214 valence electrons. The summed E-state index contributed by atoms with van der Waals surface area (Å²) in [5.74, 6) is -0.678. The summed E-state index contributed by atoms with van der Waals surface area (Å²) in [5.41, 5.74) is 2.40. The lowest BCUT2D eigenvalue weighted by Gasteiger charge is -2.49. The van der Waals surface area contributed by atoms with E-state index in [0.29, 0.717) is 32.9 Å². The minimum Gasteiger partial charge on any atom is -0.435 e. The zero-order chi connectivity index (χ0) is 28.8. The van der Waals surface area contributed by atoms with Crippen molar-refractivity contribution in [1.29, 1.82) is 0 Å². The first-order chi connectivity index (χ1) is 19.2. The van der Waals surface area contributed by atoms with Crippen molar-refractivity contribution >= 4 is 76.0 Å². The van der Waals surface area contributed by atoms with E-state index in [2.05, 4.69) is 24.8 Å². The van der Waals surface area contributed by atoms with Crippen LogP contribution in [0, 0.1) is 6.92 Å². The maximum Gasteiger partial charge on any atom is 0.511 e. The number of carbonyl (C=O) groups excluding carboxylic acids is 4. The highest BCUT2D eigenvalue weighted by molar-refractivity contribution is 8.01. The number of thiazole rings is 1. The van der Waals surface area contributed by atoms with E-state index in [1.165, 1.54) is 65.3 Å². The summed E-state index contributed by atoms with van der Waals surface area (Å²) in [6.45, 7) is 4.83. The number of aryl methyl sites for hydroxylation is 1. The van der Waals surface area contributed by atoms with Gasteiger partial charge in [-0.25, -0.2) is 19.6 Å². The van der Waals surface area contributed by atoms with Crippen LogP contribution in [0.15, 0.2) is 31.7 Å². The van der Waals surface area contributed by atoms with Gasteiger partial charge in [-0.15, -0.1) is 23.1 Å². The number of thioether (sulfide) groups is 2. The van der Waals surface area contributed by atoms with Crippen molar-refractivity contribution in [2.75, 3.05) is 25.2 Å². The van der Waals surface area contributed by atoms with Gasteiger partial charge in [-0.2, -0.15) is 4.37 Å². The van der Waals surface area contributed by atoms with E-state index < -0.39 is 41.6 Å². The van der Waals surface area contributed by atoms with Gasteiger partial charge >= 0.3 is 12.1 Å². The molecule has 2 aromatic rings. The molecule has 1 N–H and O–H groups in total. The number of nitrogens with one attached hydrogen (secondary N) is 1. The van der Waals surface area contributed by atoms with E-state index >= 15 is 0 Å². The fraction of sp³-hybridized carbons (Fsp3) is 0.455. The molecular weight excluding hydrogens is 605 g/mol. The van der Waals surface area contributed by atoms with Gasteiger partial charge in [0.15, 0.2) is 10.1 Å². The Bertz CT molecular complexity index is 1330. The van der Waals surface area contributed by atoms with Gasteiger partial charge in [-0.3, -0.25) is 14.5 Å². The van der Waals surface area contributed by atoms with Gasteiger partial charge in [0, 0.05) is 23.8 Å². The number of aromatic nitrogens is 3. The Morgan fingerprint density at radius 2 is 2.12 bits per heavy atom. The number of β-lactam (4-membered cyclic amide) rings is 1. The topological polar surface area (TPSA) is 172 Å². The third kappa shape index (κ3) is 6.73. The second kappa shape index (κ2) is 13.4. The van der Waals surface area contributed by atoms with Crippen molar-refractivity contribution in [2.45, 2.75) is 42.8 Å². The van der Waals surface area contributed by atoms with Crippen molar-refractivity contribution in [2.24, 2.45) is 5.16 Å². The van der Waals surface area contributed by atoms with Gasteiger partial charge in [0.2, 0.25) is 6.29 Å². The number of nitrogens with zero attached hydrogens (tertiary/aromatic N) is 5. The van der Waals surface area contributed by atoms with Gasteiger partial charge in [-0.1, -0.05) is 16.9 Å². The molecule has 1 fully saturated rings. The number of fused-ring (bicyclic) bond motifs is 1. The van der Waals surface area contributed by atoms with Gasteiger partial charge in [0.05, 0.1) is 12.1 Å². The van der Waals surface area contributed by atoms with Crippen LogP contribution in [0.4, 0.5) is 4.79 Å².